The molecule has 0 amide bonds. The number of anilines is 2. The molecule has 0 aliphatic rings. The average Bonchev–Trinajstić information content (AvgIpc) is 2.34. The average molecular weight is 268 g/mol. The second-order valence-electron chi connectivity index (χ2n) is 3.60. The number of hydrogen-bond acceptors (Lipinski definition) is 3. The summed E-state index contributed by atoms with van der Waals surface area (Å²) in [6.07, 6.45) is 1.17. The molecule has 1 heterocycles. The summed E-state index contributed by atoms with van der Waals surface area (Å²) in [5.41, 5.74) is -0.697. The lowest BCUT2D eigenvalue weighted by atomic mass is 10.2. The van der Waals surface area contributed by atoms with Crippen LogP contribution in [0, 0.1) is 17.5 Å². The van der Waals surface area contributed by atoms with Crippen LogP contribution < -0.4 is 5.32 Å². The summed E-state index contributed by atoms with van der Waals surface area (Å²) in [5, 5.41) is 11.0. The molecule has 4 nitrogen and oxygen atoms in total. The van der Waals surface area contributed by atoms with Crippen LogP contribution in [0.25, 0.3) is 0 Å². The van der Waals surface area contributed by atoms with E-state index in [1.165, 1.54) is 12.3 Å². The van der Waals surface area contributed by atoms with Gasteiger partial charge in [0.2, 0.25) is 0 Å². The molecule has 1 aromatic heterocycles. The van der Waals surface area contributed by atoms with Crippen molar-refractivity contribution < 1.29 is 23.1 Å². The lowest BCUT2D eigenvalue weighted by Gasteiger charge is -2.08. The number of aromatic nitrogens is 1. The first-order chi connectivity index (χ1) is 8.97. The zero-order valence-electron chi connectivity index (χ0n) is 9.32. The van der Waals surface area contributed by atoms with Gasteiger partial charge in [-0.15, -0.1) is 0 Å². The minimum Gasteiger partial charge on any atom is -0.478 e. The number of hydrogen-bond donors (Lipinski definition) is 2. The van der Waals surface area contributed by atoms with Gasteiger partial charge in [-0.1, -0.05) is 0 Å². The second kappa shape index (κ2) is 4.97. The van der Waals surface area contributed by atoms with Gasteiger partial charge in [0, 0.05) is 18.3 Å². The predicted molar refractivity (Wildman–Crippen MR) is 60.8 cm³/mol. The zero-order chi connectivity index (χ0) is 14.0. The molecular formula is C12H7F3N2O2. The Morgan fingerprint density at radius 3 is 2.37 bits per heavy atom. The number of rotatable bonds is 3. The number of nitrogens with zero attached hydrogens (tertiary/aromatic N) is 1. The quantitative estimate of drug-likeness (QED) is 0.898. The molecule has 0 aliphatic carbocycles. The van der Waals surface area contributed by atoms with Gasteiger partial charge < -0.3 is 10.4 Å². The highest BCUT2D eigenvalue weighted by atomic mass is 19.1. The molecule has 0 aliphatic heterocycles. The molecule has 0 unspecified atom stereocenters. The highest BCUT2D eigenvalue weighted by Gasteiger charge is 2.13. The number of benzene rings is 1. The van der Waals surface area contributed by atoms with Crippen LogP contribution in [0.4, 0.5) is 24.7 Å². The zero-order valence-corrected chi connectivity index (χ0v) is 9.32. The number of halogens is 3. The number of carboxylic acids is 1. The number of pyridine rings is 1. The standard InChI is InChI=1S/C12H7F3N2O2/c13-7-4-8(14)11(9(15)5-7)17-10-3-6(12(18)19)1-2-16-10/h1-5H,(H,16,17)(H,18,19). The van der Waals surface area contributed by atoms with Gasteiger partial charge >= 0.3 is 5.97 Å². The van der Waals surface area contributed by atoms with E-state index in [0.717, 1.165) is 6.07 Å². The fourth-order valence-corrected chi connectivity index (χ4v) is 1.42. The van der Waals surface area contributed by atoms with Crippen LogP contribution in [-0.2, 0) is 0 Å². The molecule has 0 atom stereocenters. The highest BCUT2D eigenvalue weighted by molar-refractivity contribution is 5.88. The number of carbonyl (C=O) groups is 1. The van der Waals surface area contributed by atoms with E-state index in [1.54, 1.807) is 0 Å². The second-order valence-corrected chi connectivity index (χ2v) is 3.60. The van der Waals surface area contributed by atoms with Gasteiger partial charge in [-0.05, 0) is 12.1 Å². The maximum atomic E-state index is 13.4. The Balaban J connectivity index is 2.36. The van der Waals surface area contributed by atoms with Gasteiger partial charge in [-0.3, -0.25) is 0 Å². The Kier molecular flexibility index (Phi) is 3.37. The lowest BCUT2D eigenvalue weighted by molar-refractivity contribution is 0.0697. The Morgan fingerprint density at radius 1 is 1.16 bits per heavy atom. The van der Waals surface area contributed by atoms with Crippen molar-refractivity contribution in [1.82, 2.24) is 4.98 Å². The fourth-order valence-electron chi connectivity index (χ4n) is 1.42. The molecule has 0 saturated heterocycles. The monoisotopic (exact) mass is 268 g/mol. The molecular weight excluding hydrogens is 261 g/mol. The van der Waals surface area contributed by atoms with E-state index in [9.17, 15) is 18.0 Å². The lowest BCUT2D eigenvalue weighted by Crippen LogP contribution is -2.03. The normalized spacial score (nSPS) is 10.3. The summed E-state index contributed by atoms with van der Waals surface area (Å²) in [4.78, 5) is 14.5. The van der Waals surface area contributed by atoms with Crippen molar-refractivity contribution in [2.45, 2.75) is 0 Å². The van der Waals surface area contributed by atoms with Crippen LogP contribution in [0.5, 0.6) is 0 Å². The van der Waals surface area contributed by atoms with Crippen molar-refractivity contribution in [1.29, 1.82) is 0 Å². The van der Waals surface area contributed by atoms with Gasteiger partial charge in [0.1, 0.15) is 17.3 Å². The third kappa shape index (κ3) is 2.82. The first kappa shape index (κ1) is 12.9. The summed E-state index contributed by atoms with van der Waals surface area (Å²) < 4.78 is 39.5. The first-order valence-corrected chi connectivity index (χ1v) is 5.08. The van der Waals surface area contributed by atoms with Crippen LogP contribution in [0.3, 0.4) is 0 Å². The minimum absolute atomic E-state index is 0.0655. The molecule has 2 aromatic rings. The molecule has 1 aromatic carbocycles. The Bertz CT molecular complexity index is 624. The van der Waals surface area contributed by atoms with Crippen molar-refractivity contribution in [3.63, 3.8) is 0 Å². The summed E-state index contributed by atoms with van der Waals surface area (Å²) in [5.74, 6) is -4.59. The summed E-state index contributed by atoms with van der Waals surface area (Å²) in [7, 11) is 0. The van der Waals surface area contributed by atoms with E-state index in [0.29, 0.717) is 12.1 Å². The number of carboxylic acid groups (broad SMARTS) is 1. The van der Waals surface area contributed by atoms with Gasteiger partial charge in [0.25, 0.3) is 0 Å². The van der Waals surface area contributed by atoms with Crippen molar-refractivity contribution in [3.05, 3.63) is 53.5 Å². The Hall–Kier alpha value is -2.57. The van der Waals surface area contributed by atoms with Crippen molar-refractivity contribution >= 4 is 17.5 Å². The predicted octanol–water partition coefficient (Wildman–Crippen LogP) is 2.94. The summed E-state index contributed by atoms with van der Waals surface area (Å²) >= 11 is 0. The van der Waals surface area contributed by atoms with Gasteiger partial charge in [0.15, 0.2) is 11.6 Å². The third-order valence-electron chi connectivity index (χ3n) is 2.27. The van der Waals surface area contributed by atoms with Crippen molar-refractivity contribution in [3.8, 4) is 0 Å². The van der Waals surface area contributed by atoms with Gasteiger partial charge in [-0.25, -0.2) is 22.9 Å². The Morgan fingerprint density at radius 2 is 1.79 bits per heavy atom. The molecule has 0 radical (unpaired) electrons. The van der Waals surface area contributed by atoms with E-state index >= 15 is 0 Å². The van der Waals surface area contributed by atoms with Crippen LogP contribution in [0.15, 0.2) is 30.5 Å². The van der Waals surface area contributed by atoms with Crippen molar-refractivity contribution in [2.75, 3.05) is 5.32 Å². The largest absolute Gasteiger partial charge is 0.478 e. The minimum atomic E-state index is -1.20. The van der Waals surface area contributed by atoms with Crippen LogP contribution in [0.2, 0.25) is 0 Å². The number of nitrogens with one attached hydrogen (secondary N) is 1. The molecule has 7 heteroatoms. The number of aromatic carboxylic acids is 1. The first-order valence-electron chi connectivity index (χ1n) is 5.08. The molecule has 19 heavy (non-hydrogen) atoms. The molecule has 0 bridgehead atoms. The Labute approximate surface area is 105 Å². The van der Waals surface area contributed by atoms with E-state index in [1.807, 2.05) is 0 Å². The SMILES string of the molecule is O=C(O)c1ccnc(Nc2c(F)cc(F)cc2F)c1. The maximum Gasteiger partial charge on any atom is 0.335 e. The molecule has 0 fully saturated rings. The molecule has 2 rings (SSSR count). The maximum absolute atomic E-state index is 13.4. The summed E-state index contributed by atoms with van der Waals surface area (Å²) in [6, 6.07) is 3.34. The molecule has 2 N–H and O–H groups in total. The van der Waals surface area contributed by atoms with Gasteiger partial charge in [-0.2, -0.15) is 0 Å². The summed E-state index contributed by atoms with van der Waals surface area (Å²) in [6.45, 7) is 0. The topological polar surface area (TPSA) is 62.2 Å². The fraction of sp³-hybridized carbons (Fsp3) is 0. The molecule has 98 valence electrons. The third-order valence-corrected chi connectivity index (χ3v) is 2.27. The van der Waals surface area contributed by atoms with E-state index in [-0.39, 0.29) is 11.4 Å². The van der Waals surface area contributed by atoms with Gasteiger partial charge in [0.05, 0.1) is 5.56 Å². The van der Waals surface area contributed by atoms with E-state index < -0.39 is 29.1 Å². The molecule has 0 spiro atoms. The van der Waals surface area contributed by atoms with E-state index in [4.69, 9.17) is 5.11 Å². The smallest absolute Gasteiger partial charge is 0.335 e. The molecule has 0 saturated carbocycles. The van der Waals surface area contributed by atoms with Crippen molar-refractivity contribution in [2.24, 2.45) is 0 Å². The van der Waals surface area contributed by atoms with E-state index in [2.05, 4.69) is 10.3 Å². The van der Waals surface area contributed by atoms with Crippen LogP contribution in [0.1, 0.15) is 10.4 Å². The van der Waals surface area contributed by atoms with Crippen LogP contribution in [-0.4, -0.2) is 16.1 Å². The highest BCUT2D eigenvalue weighted by Crippen LogP contribution is 2.23. The van der Waals surface area contributed by atoms with Crippen LogP contribution >= 0.6 is 0 Å².